The molecule has 4 nitrogen and oxygen atoms in total. The number of hydrogen-bond acceptors (Lipinski definition) is 6. The van der Waals surface area contributed by atoms with Crippen LogP contribution >= 0.6 is 23.1 Å². The summed E-state index contributed by atoms with van der Waals surface area (Å²) in [6, 6.07) is 28.3. The average Bonchev–Trinajstić information content (AvgIpc) is 3.57. The second kappa shape index (κ2) is 12.9. The van der Waals surface area contributed by atoms with E-state index in [1.54, 1.807) is 11.3 Å². The van der Waals surface area contributed by atoms with Gasteiger partial charge in [-0.3, -0.25) is 0 Å². The van der Waals surface area contributed by atoms with Crippen LogP contribution < -0.4 is 19.3 Å². The Labute approximate surface area is 292 Å². The van der Waals surface area contributed by atoms with E-state index < -0.39 is 0 Å². The number of hydrogen-bond donors (Lipinski definition) is 0. The van der Waals surface area contributed by atoms with Crippen molar-refractivity contribution in [3.05, 3.63) is 94.9 Å². The maximum absolute atomic E-state index is 6.09. The summed E-state index contributed by atoms with van der Waals surface area (Å²) in [7, 11) is 0. The lowest BCUT2D eigenvalue weighted by molar-refractivity contribution is 0.174. The Kier molecular flexibility index (Phi) is 8.10. The molecule has 9 rings (SSSR count). The topological polar surface area (TPSA) is 24.9 Å². The number of rotatable bonds is 8. The molecule has 1 aromatic heterocycles. The predicted molar refractivity (Wildman–Crippen MR) is 202 cm³/mol. The highest BCUT2D eigenvalue weighted by Gasteiger charge is 2.29. The molecule has 0 N–H and O–H groups in total. The normalized spacial score (nSPS) is 15.9. The third-order valence-electron chi connectivity index (χ3n) is 10.4. The molecule has 0 radical (unpaired) electrons. The predicted octanol–water partition coefficient (Wildman–Crippen LogP) is 11.6. The van der Waals surface area contributed by atoms with Crippen LogP contribution in [-0.4, -0.2) is 26.3 Å². The van der Waals surface area contributed by atoms with Gasteiger partial charge >= 0.3 is 0 Å². The van der Waals surface area contributed by atoms with Crippen molar-refractivity contribution in [1.82, 2.24) is 0 Å². The molecule has 0 spiro atoms. The number of thiophene rings is 1. The van der Waals surface area contributed by atoms with E-state index in [4.69, 9.17) is 9.47 Å². The monoisotopic (exact) mass is 670 g/mol. The van der Waals surface area contributed by atoms with Crippen molar-refractivity contribution in [3.8, 4) is 33.1 Å². The molecular weight excluding hydrogens is 629 g/mol. The van der Waals surface area contributed by atoms with Crippen LogP contribution in [0.25, 0.3) is 21.6 Å². The number of anilines is 4. The molecule has 0 atom stereocenters. The van der Waals surface area contributed by atoms with Gasteiger partial charge in [0.25, 0.3) is 0 Å². The quantitative estimate of drug-likeness (QED) is 0.150. The minimum atomic E-state index is 0.595. The van der Waals surface area contributed by atoms with Gasteiger partial charge in [0.2, 0.25) is 0 Å². The number of unbranched alkanes of at least 4 members (excludes halogenated alkanes) is 3. The molecule has 244 valence electrons. The lowest BCUT2D eigenvalue weighted by Gasteiger charge is -2.37. The Hall–Kier alpha value is -3.87. The van der Waals surface area contributed by atoms with Gasteiger partial charge < -0.3 is 19.3 Å². The first-order valence-electron chi connectivity index (χ1n) is 17.9. The molecule has 0 saturated carbocycles. The second-order valence-corrected chi connectivity index (χ2v) is 15.5. The zero-order valence-electron chi connectivity index (χ0n) is 27.7. The molecule has 4 aliphatic rings. The maximum Gasteiger partial charge on any atom is 0.179 e. The Morgan fingerprint density at radius 2 is 1.42 bits per heavy atom. The Balaban J connectivity index is 1.11. The lowest BCUT2D eigenvalue weighted by Crippen LogP contribution is -2.34. The summed E-state index contributed by atoms with van der Waals surface area (Å²) in [6.45, 7) is 5.90. The van der Waals surface area contributed by atoms with Gasteiger partial charge in [-0.15, -0.1) is 11.3 Å². The van der Waals surface area contributed by atoms with Gasteiger partial charge in [0.1, 0.15) is 13.2 Å². The lowest BCUT2D eigenvalue weighted by atomic mass is 9.88. The van der Waals surface area contributed by atoms with Gasteiger partial charge in [-0.2, -0.15) is 0 Å². The Bertz CT molecular complexity index is 1950. The molecule has 0 amide bonds. The minimum absolute atomic E-state index is 0.595. The van der Waals surface area contributed by atoms with Crippen LogP contribution in [0.1, 0.15) is 62.1 Å². The highest BCUT2D eigenvalue weighted by molar-refractivity contribution is 7.99. The second-order valence-electron chi connectivity index (χ2n) is 13.6. The van der Waals surface area contributed by atoms with Crippen LogP contribution in [0.15, 0.2) is 88.0 Å². The molecule has 48 heavy (non-hydrogen) atoms. The number of aryl methyl sites for hydroxylation is 3. The molecule has 6 heteroatoms. The smallest absolute Gasteiger partial charge is 0.179 e. The summed E-state index contributed by atoms with van der Waals surface area (Å²) in [5, 5.41) is 2.08. The first kappa shape index (κ1) is 30.2. The van der Waals surface area contributed by atoms with Crippen molar-refractivity contribution >= 4 is 45.8 Å². The van der Waals surface area contributed by atoms with Gasteiger partial charge in [-0.1, -0.05) is 62.2 Å². The van der Waals surface area contributed by atoms with Crippen molar-refractivity contribution in [1.29, 1.82) is 0 Å². The van der Waals surface area contributed by atoms with E-state index in [0.29, 0.717) is 13.2 Å². The number of benzene rings is 4. The van der Waals surface area contributed by atoms with Crippen LogP contribution in [-0.2, 0) is 19.3 Å². The van der Waals surface area contributed by atoms with E-state index in [2.05, 4.69) is 94.9 Å². The summed E-state index contributed by atoms with van der Waals surface area (Å²) < 4.78 is 12.0. The fourth-order valence-electron chi connectivity index (χ4n) is 8.01. The molecule has 0 unspecified atom stereocenters. The molecular formula is C42H42N2O2S2. The van der Waals surface area contributed by atoms with Gasteiger partial charge in [-0.05, 0) is 120 Å². The molecule has 4 aromatic carbocycles. The average molecular weight is 671 g/mol. The molecule has 5 aromatic rings. The van der Waals surface area contributed by atoms with Crippen molar-refractivity contribution in [2.24, 2.45) is 0 Å². The summed E-state index contributed by atoms with van der Waals surface area (Å²) in [5.74, 6) is 1.75. The fraction of sp³-hybridized carbons (Fsp3) is 0.333. The number of nitrogens with zero attached hydrogens (tertiary/aromatic N) is 2. The van der Waals surface area contributed by atoms with Crippen LogP contribution in [0, 0.1) is 0 Å². The molecule has 5 heterocycles. The first-order valence-corrected chi connectivity index (χ1v) is 19.6. The SMILES string of the molecule is CCCCCCc1ccc(N2c3ccc(-c4cc5c6c(c4)CCCN6CCC5)cc3Sc3cc(-c4scc5c4OCCO5)ccc32)cc1. The van der Waals surface area contributed by atoms with Gasteiger partial charge in [0, 0.05) is 39.6 Å². The number of ether oxygens (including phenoxy) is 2. The van der Waals surface area contributed by atoms with Crippen molar-refractivity contribution in [2.75, 3.05) is 36.1 Å². The van der Waals surface area contributed by atoms with Crippen molar-refractivity contribution in [2.45, 2.75) is 74.5 Å². The first-order chi connectivity index (χ1) is 23.7. The molecule has 0 saturated heterocycles. The van der Waals surface area contributed by atoms with Crippen molar-refractivity contribution < 1.29 is 9.47 Å². The largest absolute Gasteiger partial charge is 0.485 e. The van der Waals surface area contributed by atoms with E-state index in [1.807, 2.05) is 11.8 Å². The van der Waals surface area contributed by atoms with Crippen LogP contribution in [0.4, 0.5) is 22.7 Å². The van der Waals surface area contributed by atoms with E-state index in [9.17, 15) is 0 Å². The third-order valence-corrected chi connectivity index (χ3v) is 12.4. The molecule has 4 aliphatic heterocycles. The standard InChI is InChI=1S/C42H42N2O2S2/c1-2-3-4-5-8-28-11-15-34(16-12-28)44-35-17-13-29(33-23-30-9-6-19-43-20-7-10-31(24-33)40(30)43)25-38(35)48-39-26-32(14-18-36(39)44)42-41-37(27-47-42)45-21-22-46-41/h11-18,23-27H,2-10,19-22H2,1H3. The molecule has 0 aliphatic carbocycles. The van der Waals surface area contributed by atoms with E-state index in [-0.39, 0.29) is 0 Å². The third kappa shape index (κ3) is 5.47. The minimum Gasteiger partial charge on any atom is -0.485 e. The van der Waals surface area contributed by atoms with Crippen LogP contribution in [0.2, 0.25) is 0 Å². The van der Waals surface area contributed by atoms with E-state index in [0.717, 1.165) is 22.8 Å². The zero-order chi connectivity index (χ0) is 32.0. The zero-order valence-corrected chi connectivity index (χ0v) is 29.4. The Morgan fingerprint density at radius 3 is 2.17 bits per heavy atom. The van der Waals surface area contributed by atoms with Crippen LogP contribution in [0.5, 0.6) is 11.5 Å². The van der Waals surface area contributed by atoms with Gasteiger partial charge in [0.05, 0.1) is 16.3 Å². The summed E-state index contributed by atoms with van der Waals surface area (Å²) >= 11 is 3.60. The van der Waals surface area contributed by atoms with Crippen molar-refractivity contribution in [3.63, 3.8) is 0 Å². The van der Waals surface area contributed by atoms with Gasteiger partial charge in [-0.25, -0.2) is 0 Å². The summed E-state index contributed by atoms with van der Waals surface area (Å²) in [5.41, 5.74) is 13.6. The highest BCUT2D eigenvalue weighted by Crippen LogP contribution is 2.55. The van der Waals surface area contributed by atoms with Crippen LogP contribution in [0.3, 0.4) is 0 Å². The fourth-order valence-corrected chi connectivity index (χ4v) is 10.1. The Morgan fingerprint density at radius 1 is 0.708 bits per heavy atom. The van der Waals surface area contributed by atoms with Gasteiger partial charge in [0.15, 0.2) is 11.5 Å². The maximum atomic E-state index is 6.09. The molecule has 0 fully saturated rings. The summed E-state index contributed by atoms with van der Waals surface area (Å²) in [4.78, 5) is 8.80. The molecule has 0 bridgehead atoms. The van der Waals surface area contributed by atoms with E-state index >= 15 is 0 Å². The number of fused-ring (bicyclic) bond motifs is 3. The highest BCUT2D eigenvalue weighted by atomic mass is 32.2. The summed E-state index contributed by atoms with van der Waals surface area (Å²) in [6.07, 6.45) is 11.2. The van der Waals surface area contributed by atoms with E-state index in [1.165, 1.54) is 130 Å².